The molecule has 5 nitrogen and oxygen atoms in total. The summed E-state index contributed by atoms with van der Waals surface area (Å²) in [6, 6.07) is 4.01. The van der Waals surface area contributed by atoms with Crippen LogP contribution in [0.15, 0.2) is 12.1 Å². The number of hydrogen-bond donors (Lipinski definition) is 1. The van der Waals surface area contributed by atoms with Crippen LogP contribution in [0.25, 0.3) is 0 Å². The number of benzene rings is 1. The molecule has 0 unspecified atom stereocenters. The molecule has 0 saturated heterocycles. The highest BCUT2D eigenvalue weighted by molar-refractivity contribution is 7.80. The van der Waals surface area contributed by atoms with Crippen molar-refractivity contribution in [3.63, 3.8) is 0 Å². The first-order chi connectivity index (χ1) is 10.9. The minimum atomic E-state index is 0.728. The van der Waals surface area contributed by atoms with Crippen molar-refractivity contribution in [3.05, 3.63) is 23.3 Å². The summed E-state index contributed by atoms with van der Waals surface area (Å²) in [5.41, 5.74) is 2.33. The molecule has 0 aliphatic carbocycles. The molecule has 0 aliphatic rings. The average molecular weight is 340 g/mol. The Labute approximate surface area is 145 Å². The molecule has 0 bridgehead atoms. The van der Waals surface area contributed by atoms with E-state index in [1.54, 1.807) is 14.2 Å². The lowest BCUT2D eigenvalue weighted by atomic mass is 10.1. The fraction of sp³-hybridized carbons (Fsp3) is 0.588. The van der Waals surface area contributed by atoms with Gasteiger partial charge in [-0.25, -0.2) is 0 Å². The maximum atomic E-state index is 5.45. The normalized spacial score (nSPS) is 10.6. The van der Waals surface area contributed by atoms with Gasteiger partial charge in [0.15, 0.2) is 16.6 Å². The standard InChI is InChI=1S/C17H29N3O2S/c1-13-10-15(21-5)16(22-6)11-14(13)12-20(4)17(23)18-8-7-9-19(2)3/h10-11H,7-9,12H2,1-6H3,(H,18,23). The van der Waals surface area contributed by atoms with Gasteiger partial charge in [-0.2, -0.15) is 0 Å². The smallest absolute Gasteiger partial charge is 0.168 e. The van der Waals surface area contributed by atoms with Crippen LogP contribution in [-0.4, -0.2) is 63.4 Å². The van der Waals surface area contributed by atoms with Gasteiger partial charge in [0.1, 0.15) is 0 Å². The van der Waals surface area contributed by atoms with E-state index in [0.29, 0.717) is 0 Å². The largest absolute Gasteiger partial charge is 0.493 e. The third-order valence-corrected chi connectivity index (χ3v) is 4.11. The van der Waals surface area contributed by atoms with Crippen LogP contribution in [0.1, 0.15) is 17.5 Å². The molecular weight excluding hydrogens is 310 g/mol. The molecule has 23 heavy (non-hydrogen) atoms. The van der Waals surface area contributed by atoms with E-state index >= 15 is 0 Å². The predicted molar refractivity (Wildman–Crippen MR) is 99.5 cm³/mol. The fourth-order valence-electron chi connectivity index (χ4n) is 2.25. The number of nitrogens with one attached hydrogen (secondary N) is 1. The molecule has 1 aromatic carbocycles. The van der Waals surface area contributed by atoms with Crippen LogP contribution in [0.2, 0.25) is 0 Å². The van der Waals surface area contributed by atoms with E-state index in [-0.39, 0.29) is 0 Å². The molecule has 0 aliphatic heterocycles. The number of rotatable bonds is 8. The van der Waals surface area contributed by atoms with Crippen molar-refractivity contribution in [2.24, 2.45) is 0 Å². The first kappa shape index (κ1) is 19.5. The second-order valence-electron chi connectivity index (χ2n) is 5.88. The Kier molecular flexibility index (Phi) is 8.12. The SMILES string of the molecule is COc1cc(C)c(CN(C)C(=S)NCCCN(C)C)cc1OC. The van der Waals surface area contributed by atoms with Gasteiger partial charge in [-0.3, -0.25) is 0 Å². The van der Waals surface area contributed by atoms with Gasteiger partial charge in [0.25, 0.3) is 0 Å². The molecule has 130 valence electrons. The third-order valence-electron chi connectivity index (χ3n) is 3.65. The number of thiocarbonyl (C=S) groups is 1. The van der Waals surface area contributed by atoms with E-state index in [1.807, 2.05) is 24.1 Å². The van der Waals surface area contributed by atoms with Gasteiger partial charge in [-0.05, 0) is 69.5 Å². The van der Waals surface area contributed by atoms with Crippen molar-refractivity contribution < 1.29 is 9.47 Å². The van der Waals surface area contributed by atoms with Gasteiger partial charge in [0, 0.05) is 20.1 Å². The van der Waals surface area contributed by atoms with Crippen molar-refractivity contribution >= 4 is 17.3 Å². The maximum Gasteiger partial charge on any atom is 0.168 e. The molecule has 6 heteroatoms. The van der Waals surface area contributed by atoms with E-state index in [4.69, 9.17) is 21.7 Å². The van der Waals surface area contributed by atoms with Crippen LogP contribution < -0.4 is 14.8 Å². The summed E-state index contributed by atoms with van der Waals surface area (Å²) < 4.78 is 10.7. The molecule has 0 aromatic heterocycles. The van der Waals surface area contributed by atoms with Gasteiger partial charge in [0.2, 0.25) is 0 Å². The Bertz CT molecular complexity index is 521. The lowest BCUT2D eigenvalue weighted by molar-refractivity contribution is 0.353. The Morgan fingerprint density at radius 3 is 2.30 bits per heavy atom. The summed E-state index contributed by atoms with van der Waals surface area (Å²) in [4.78, 5) is 4.21. The Hall–Kier alpha value is -1.53. The topological polar surface area (TPSA) is 37.0 Å². The van der Waals surface area contributed by atoms with Crippen molar-refractivity contribution in [1.29, 1.82) is 0 Å². The molecule has 1 aromatic rings. The van der Waals surface area contributed by atoms with Crippen LogP contribution in [0.3, 0.4) is 0 Å². The summed E-state index contributed by atoms with van der Waals surface area (Å²) in [5, 5.41) is 4.07. The molecule has 0 heterocycles. The van der Waals surface area contributed by atoms with E-state index in [1.165, 1.54) is 5.56 Å². The fourth-order valence-corrected chi connectivity index (χ4v) is 2.41. The number of ether oxygens (including phenoxy) is 2. The number of methoxy groups -OCH3 is 2. The van der Waals surface area contributed by atoms with Crippen LogP contribution >= 0.6 is 12.2 Å². The molecular formula is C17H29N3O2S. The Morgan fingerprint density at radius 2 is 1.74 bits per heavy atom. The first-order valence-corrected chi connectivity index (χ1v) is 8.15. The highest BCUT2D eigenvalue weighted by Crippen LogP contribution is 2.30. The Morgan fingerprint density at radius 1 is 1.13 bits per heavy atom. The number of hydrogen-bond acceptors (Lipinski definition) is 4. The zero-order chi connectivity index (χ0) is 17.4. The highest BCUT2D eigenvalue weighted by atomic mass is 32.1. The van der Waals surface area contributed by atoms with Gasteiger partial charge in [-0.1, -0.05) is 0 Å². The lowest BCUT2D eigenvalue weighted by Crippen LogP contribution is -2.37. The van der Waals surface area contributed by atoms with Crippen molar-refractivity contribution in [1.82, 2.24) is 15.1 Å². The van der Waals surface area contributed by atoms with Gasteiger partial charge in [0.05, 0.1) is 14.2 Å². The summed E-state index contributed by atoms with van der Waals surface area (Å²) in [6.07, 6.45) is 1.07. The summed E-state index contributed by atoms with van der Waals surface area (Å²) in [5.74, 6) is 1.49. The van der Waals surface area contributed by atoms with Crippen molar-refractivity contribution in [3.8, 4) is 11.5 Å². The van der Waals surface area contributed by atoms with Gasteiger partial charge < -0.3 is 24.6 Å². The third kappa shape index (κ3) is 6.23. The molecule has 0 saturated carbocycles. The second-order valence-corrected chi connectivity index (χ2v) is 6.27. The average Bonchev–Trinajstić information content (AvgIpc) is 2.52. The lowest BCUT2D eigenvalue weighted by Gasteiger charge is -2.23. The van der Waals surface area contributed by atoms with E-state index in [2.05, 4.69) is 31.2 Å². The zero-order valence-electron chi connectivity index (χ0n) is 15.1. The quantitative estimate of drug-likeness (QED) is 0.578. The molecule has 1 rings (SSSR count). The highest BCUT2D eigenvalue weighted by Gasteiger charge is 2.11. The Balaban J connectivity index is 2.62. The number of nitrogens with zero attached hydrogens (tertiary/aromatic N) is 2. The maximum absolute atomic E-state index is 5.45. The minimum Gasteiger partial charge on any atom is -0.493 e. The summed E-state index contributed by atoms with van der Waals surface area (Å²) in [6.45, 7) is 4.73. The second kappa shape index (κ2) is 9.57. The minimum absolute atomic E-state index is 0.728. The summed E-state index contributed by atoms with van der Waals surface area (Å²) >= 11 is 5.45. The van der Waals surface area contributed by atoms with E-state index in [0.717, 1.165) is 48.2 Å². The first-order valence-electron chi connectivity index (χ1n) is 7.74. The molecule has 1 N–H and O–H groups in total. The van der Waals surface area contributed by atoms with Crippen LogP contribution in [-0.2, 0) is 6.54 Å². The van der Waals surface area contributed by atoms with Crippen LogP contribution in [0.5, 0.6) is 11.5 Å². The number of aryl methyl sites for hydroxylation is 1. The monoisotopic (exact) mass is 339 g/mol. The molecule has 0 spiro atoms. The van der Waals surface area contributed by atoms with Crippen molar-refractivity contribution in [2.45, 2.75) is 19.9 Å². The van der Waals surface area contributed by atoms with Crippen molar-refractivity contribution in [2.75, 3.05) is 48.5 Å². The molecule has 0 atom stereocenters. The van der Waals surface area contributed by atoms with Gasteiger partial charge >= 0.3 is 0 Å². The molecule has 0 fully saturated rings. The van der Waals surface area contributed by atoms with Crippen LogP contribution in [0, 0.1) is 6.92 Å². The van der Waals surface area contributed by atoms with Crippen LogP contribution in [0.4, 0.5) is 0 Å². The molecule has 0 amide bonds. The predicted octanol–water partition coefficient (Wildman–Crippen LogP) is 2.27. The zero-order valence-corrected chi connectivity index (χ0v) is 15.9. The molecule has 0 radical (unpaired) electrons. The van der Waals surface area contributed by atoms with Gasteiger partial charge in [-0.15, -0.1) is 0 Å². The van der Waals surface area contributed by atoms with E-state index in [9.17, 15) is 0 Å². The van der Waals surface area contributed by atoms with E-state index < -0.39 is 0 Å². The summed E-state index contributed by atoms with van der Waals surface area (Å²) in [7, 11) is 9.44.